The minimum absolute atomic E-state index is 0.0793. The van der Waals surface area contributed by atoms with Gasteiger partial charge in [-0.1, -0.05) is 11.6 Å². The third-order valence-electron chi connectivity index (χ3n) is 3.01. The van der Waals surface area contributed by atoms with E-state index in [9.17, 15) is 8.78 Å². The number of alkyl halides is 1. The van der Waals surface area contributed by atoms with Crippen LogP contribution in [0.1, 0.15) is 16.5 Å². The van der Waals surface area contributed by atoms with E-state index in [1.165, 1.54) is 20.3 Å². The number of benzene rings is 2. The lowest BCUT2D eigenvalue weighted by molar-refractivity contribution is 0.403. The van der Waals surface area contributed by atoms with E-state index in [2.05, 4.69) is 0 Å². The highest BCUT2D eigenvalue weighted by Gasteiger charge is 2.24. The maximum Gasteiger partial charge on any atom is 0.134 e. The van der Waals surface area contributed by atoms with Crippen molar-refractivity contribution in [1.82, 2.24) is 0 Å². The smallest absolute Gasteiger partial charge is 0.134 e. The summed E-state index contributed by atoms with van der Waals surface area (Å²) in [5.41, 5.74) is 0.104. The molecule has 2 nitrogen and oxygen atoms in total. The Hall–Kier alpha value is -1.52. The molecule has 0 bridgehead atoms. The van der Waals surface area contributed by atoms with Crippen LogP contribution in [0.3, 0.4) is 0 Å². The first kappa shape index (κ1) is 15.9. The molecule has 112 valence electrons. The fourth-order valence-corrected chi connectivity index (χ4v) is 2.54. The third kappa shape index (κ3) is 3.22. The first-order valence-corrected chi connectivity index (χ1v) is 6.79. The predicted octanol–water partition coefficient (Wildman–Crippen LogP) is 4.96. The standard InChI is InChI=1S/C15H12Cl2F2O2/c1-20-9-6-11(18)14(12(19)7-9)15(17)10-5-8(16)3-4-13(10)21-2/h3-7,15H,1-2H3. The first-order chi connectivity index (χ1) is 9.97. The Labute approximate surface area is 131 Å². The summed E-state index contributed by atoms with van der Waals surface area (Å²) in [6, 6.07) is 6.86. The van der Waals surface area contributed by atoms with Gasteiger partial charge in [0, 0.05) is 28.3 Å². The summed E-state index contributed by atoms with van der Waals surface area (Å²) in [5.74, 6) is -1.12. The maximum atomic E-state index is 14.1. The van der Waals surface area contributed by atoms with Crippen molar-refractivity contribution >= 4 is 23.2 Å². The normalized spacial score (nSPS) is 12.1. The number of halogens is 4. The maximum absolute atomic E-state index is 14.1. The topological polar surface area (TPSA) is 18.5 Å². The summed E-state index contributed by atoms with van der Waals surface area (Å²) in [7, 11) is 2.77. The van der Waals surface area contributed by atoms with Gasteiger partial charge in [0.1, 0.15) is 23.1 Å². The molecule has 1 unspecified atom stereocenters. The van der Waals surface area contributed by atoms with Crippen LogP contribution in [0.15, 0.2) is 30.3 Å². The highest BCUT2D eigenvalue weighted by Crippen LogP contribution is 2.39. The van der Waals surface area contributed by atoms with Crippen molar-refractivity contribution in [2.24, 2.45) is 0 Å². The van der Waals surface area contributed by atoms with Crippen molar-refractivity contribution in [3.63, 3.8) is 0 Å². The van der Waals surface area contributed by atoms with E-state index in [4.69, 9.17) is 32.7 Å². The molecule has 6 heteroatoms. The molecule has 2 aromatic rings. The molecular formula is C15H12Cl2F2O2. The number of hydrogen-bond acceptors (Lipinski definition) is 2. The molecule has 0 aliphatic carbocycles. The minimum Gasteiger partial charge on any atom is -0.497 e. The summed E-state index contributed by atoms with van der Waals surface area (Å²) < 4.78 is 38.2. The van der Waals surface area contributed by atoms with Crippen molar-refractivity contribution in [2.45, 2.75) is 5.38 Å². The molecule has 0 aliphatic rings. The van der Waals surface area contributed by atoms with E-state index in [0.29, 0.717) is 16.3 Å². The highest BCUT2D eigenvalue weighted by molar-refractivity contribution is 6.31. The van der Waals surface area contributed by atoms with Crippen LogP contribution in [0, 0.1) is 11.6 Å². The summed E-state index contributed by atoms with van der Waals surface area (Å²) in [5, 5.41) is -0.685. The molecule has 0 fully saturated rings. The van der Waals surface area contributed by atoms with Crippen LogP contribution in [0.4, 0.5) is 8.78 Å². The van der Waals surface area contributed by atoms with Crippen LogP contribution in [0.5, 0.6) is 11.5 Å². The summed E-state index contributed by atoms with van der Waals surface area (Å²) >= 11 is 12.1. The molecule has 0 heterocycles. The van der Waals surface area contributed by atoms with Crippen LogP contribution in [-0.2, 0) is 0 Å². The van der Waals surface area contributed by atoms with E-state index in [1.54, 1.807) is 12.1 Å². The Kier molecular flexibility index (Phi) is 4.91. The van der Waals surface area contributed by atoms with Crippen molar-refractivity contribution in [2.75, 3.05) is 14.2 Å². The number of hydrogen-bond donors (Lipinski definition) is 0. The summed E-state index contributed by atoms with van der Waals surface area (Å²) in [4.78, 5) is 0. The average Bonchev–Trinajstić information content (AvgIpc) is 2.46. The lowest BCUT2D eigenvalue weighted by Gasteiger charge is -2.16. The van der Waals surface area contributed by atoms with Crippen molar-refractivity contribution < 1.29 is 18.3 Å². The fourth-order valence-electron chi connectivity index (χ4n) is 1.98. The second kappa shape index (κ2) is 6.50. The molecule has 0 aliphatic heterocycles. The molecule has 0 amide bonds. The van der Waals surface area contributed by atoms with E-state index in [0.717, 1.165) is 12.1 Å². The summed E-state index contributed by atoms with van der Waals surface area (Å²) in [6.45, 7) is 0. The quantitative estimate of drug-likeness (QED) is 0.736. The Morgan fingerprint density at radius 3 is 2.14 bits per heavy atom. The van der Waals surface area contributed by atoms with Crippen LogP contribution in [0.2, 0.25) is 5.02 Å². The Balaban J connectivity index is 2.55. The van der Waals surface area contributed by atoms with Crippen LogP contribution >= 0.6 is 23.2 Å². The van der Waals surface area contributed by atoms with Crippen molar-refractivity contribution in [1.29, 1.82) is 0 Å². The molecule has 2 aromatic carbocycles. The SMILES string of the molecule is COc1cc(F)c(C(Cl)c2cc(Cl)ccc2OC)c(F)c1. The third-order valence-corrected chi connectivity index (χ3v) is 3.69. The van der Waals surface area contributed by atoms with Gasteiger partial charge in [0.25, 0.3) is 0 Å². The molecule has 0 N–H and O–H groups in total. The van der Waals surface area contributed by atoms with Gasteiger partial charge >= 0.3 is 0 Å². The molecule has 0 spiro atoms. The van der Waals surface area contributed by atoms with Gasteiger partial charge in [-0.25, -0.2) is 8.78 Å². The van der Waals surface area contributed by atoms with Gasteiger partial charge in [-0.15, -0.1) is 11.6 Å². The Morgan fingerprint density at radius 2 is 1.62 bits per heavy atom. The molecular weight excluding hydrogens is 321 g/mol. The highest BCUT2D eigenvalue weighted by atomic mass is 35.5. The van der Waals surface area contributed by atoms with Crippen molar-refractivity contribution in [3.05, 3.63) is 58.1 Å². The molecule has 0 saturated heterocycles. The second-order valence-electron chi connectivity index (χ2n) is 4.25. The van der Waals surface area contributed by atoms with E-state index < -0.39 is 17.0 Å². The van der Waals surface area contributed by atoms with Gasteiger partial charge in [-0.3, -0.25) is 0 Å². The summed E-state index contributed by atoms with van der Waals surface area (Å²) in [6.07, 6.45) is 0. The zero-order chi connectivity index (χ0) is 15.6. The molecule has 0 radical (unpaired) electrons. The zero-order valence-corrected chi connectivity index (χ0v) is 12.8. The van der Waals surface area contributed by atoms with Gasteiger partial charge in [-0.05, 0) is 18.2 Å². The van der Waals surface area contributed by atoms with Crippen LogP contribution < -0.4 is 9.47 Å². The Morgan fingerprint density at radius 1 is 1.00 bits per heavy atom. The second-order valence-corrected chi connectivity index (χ2v) is 5.13. The van der Waals surface area contributed by atoms with Crippen LogP contribution in [-0.4, -0.2) is 14.2 Å². The molecule has 2 rings (SSSR count). The molecule has 21 heavy (non-hydrogen) atoms. The van der Waals surface area contributed by atoms with E-state index in [-0.39, 0.29) is 11.3 Å². The minimum atomic E-state index is -1.08. The van der Waals surface area contributed by atoms with Gasteiger partial charge in [-0.2, -0.15) is 0 Å². The van der Waals surface area contributed by atoms with Gasteiger partial charge in [0.2, 0.25) is 0 Å². The van der Waals surface area contributed by atoms with Gasteiger partial charge in [0.15, 0.2) is 0 Å². The average molecular weight is 333 g/mol. The predicted molar refractivity (Wildman–Crippen MR) is 78.6 cm³/mol. The largest absolute Gasteiger partial charge is 0.497 e. The van der Waals surface area contributed by atoms with E-state index >= 15 is 0 Å². The van der Waals surface area contributed by atoms with E-state index in [1.807, 2.05) is 0 Å². The first-order valence-electron chi connectivity index (χ1n) is 5.98. The number of ether oxygens (including phenoxy) is 2. The lowest BCUT2D eigenvalue weighted by atomic mass is 10.0. The Bertz CT molecular complexity index is 639. The lowest BCUT2D eigenvalue weighted by Crippen LogP contribution is -2.04. The zero-order valence-electron chi connectivity index (χ0n) is 11.3. The van der Waals surface area contributed by atoms with Gasteiger partial charge < -0.3 is 9.47 Å². The van der Waals surface area contributed by atoms with Gasteiger partial charge in [0.05, 0.1) is 19.6 Å². The molecule has 1 atom stereocenters. The van der Waals surface area contributed by atoms with Crippen molar-refractivity contribution in [3.8, 4) is 11.5 Å². The molecule has 0 aromatic heterocycles. The monoisotopic (exact) mass is 332 g/mol. The molecule has 0 saturated carbocycles. The number of methoxy groups -OCH3 is 2. The fraction of sp³-hybridized carbons (Fsp3) is 0.200. The number of rotatable bonds is 4. The van der Waals surface area contributed by atoms with Crippen LogP contribution in [0.25, 0.3) is 0 Å².